The van der Waals surface area contributed by atoms with Gasteiger partial charge in [0.05, 0.1) is 6.04 Å². The van der Waals surface area contributed by atoms with Gasteiger partial charge in [0.2, 0.25) is 0 Å². The molecule has 1 amide bonds. The molecular weight excluding hydrogens is 458 g/mol. The van der Waals surface area contributed by atoms with Gasteiger partial charge in [-0.2, -0.15) is 0 Å². The molecular formula is C28H41N3O3S. The molecule has 35 heavy (non-hydrogen) atoms. The first-order chi connectivity index (χ1) is 16.7. The van der Waals surface area contributed by atoms with Crippen molar-refractivity contribution in [3.63, 3.8) is 0 Å². The summed E-state index contributed by atoms with van der Waals surface area (Å²) in [7, 11) is 2.14. The van der Waals surface area contributed by atoms with Crippen LogP contribution < -0.4 is 5.32 Å². The molecule has 6 nitrogen and oxygen atoms in total. The molecule has 3 atom stereocenters. The predicted octanol–water partition coefficient (Wildman–Crippen LogP) is 5.95. The first-order valence-corrected chi connectivity index (χ1v) is 13.7. The smallest absolute Gasteiger partial charge is 0.303 e. The van der Waals surface area contributed by atoms with Crippen LogP contribution in [0, 0.1) is 11.8 Å². The van der Waals surface area contributed by atoms with Crippen LogP contribution in [0.15, 0.2) is 29.6 Å². The topological polar surface area (TPSA) is 71.5 Å². The van der Waals surface area contributed by atoms with Gasteiger partial charge in [-0.3, -0.25) is 9.59 Å². The molecule has 192 valence electrons. The molecule has 2 aromatic rings. The number of hydrogen-bond acceptors (Lipinski definition) is 6. The van der Waals surface area contributed by atoms with Gasteiger partial charge in [0, 0.05) is 24.8 Å². The van der Waals surface area contributed by atoms with Crippen molar-refractivity contribution in [2.75, 3.05) is 13.6 Å². The van der Waals surface area contributed by atoms with E-state index in [1.54, 1.807) is 5.38 Å². The van der Waals surface area contributed by atoms with Crippen LogP contribution in [-0.2, 0) is 16.0 Å². The number of fused-ring (bicyclic) bond motifs is 1. The van der Waals surface area contributed by atoms with E-state index in [-0.39, 0.29) is 24.0 Å². The lowest BCUT2D eigenvalue weighted by molar-refractivity contribution is -0.148. The lowest BCUT2D eigenvalue weighted by atomic mass is 9.88. The molecule has 3 rings (SSSR count). The van der Waals surface area contributed by atoms with Crippen molar-refractivity contribution in [2.24, 2.45) is 11.8 Å². The van der Waals surface area contributed by atoms with Gasteiger partial charge < -0.3 is 15.0 Å². The summed E-state index contributed by atoms with van der Waals surface area (Å²) in [5.74, 6) is 0.512. The maximum absolute atomic E-state index is 13.1. The maximum Gasteiger partial charge on any atom is 0.303 e. The molecule has 0 aliphatic heterocycles. The number of nitrogens with zero attached hydrogens (tertiary/aromatic N) is 2. The highest BCUT2D eigenvalue weighted by Gasteiger charge is 2.29. The van der Waals surface area contributed by atoms with Crippen LogP contribution in [0.1, 0.15) is 99.1 Å². The number of amides is 1. The van der Waals surface area contributed by atoms with E-state index in [2.05, 4.69) is 68.1 Å². The molecule has 1 heterocycles. The monoisotopic (exact) mass is 499 g/mol. The van der Waals surface area contributed by atoms with E-state index in [4.69, 9.17) is 4.74 Å². The van der Waals surface area contributed by atoms with Crippen molar-refractivity contribution < 1.29 is 14.3 Å². The van der Waals surface area contributed by atoms with Crippen molar-refractivity contribution in [3.05, 3.63) is 51.5 Å². The Morgan fingerprint density at radius 1 is 1.23 bits per heavy atom. The third-order valence-electron chi connectivity index (χ3n) is 6.86. The van der Waals surface area contributed by atoms with E-state index in [1.165, 1.54) is 29.4 Å². The average molecular weight is 500 g/mol. The summed E-state index contributed by atoms with van der Waals surface area (Å²) in [6.07, 6.45) is 4.33. The number of esters is 1. The third-order valence-corrected chi connectivity index (χ3v) is 7.80. The minimum absolute atomic E-state index is 0.00166. The number of aryl methyl sites for hydroxylation is 1. The first kappa shape index (κ1) is 27.3. The Bertz CT molecular complexity index is 987. The molecule has 0 fully saturated rings. The van der Waals surface area contributed by atoms with Crippen molar-refractivity contribution in [2.45, 2.75) is 84.9 Å². The third kappa shape index (κ3) is 7.61. The lowest BCUT2D eigenvalue weighted by Gasteiger charge is -2.33. The van der Waals surface area contributed by atoms with Gasteiger partial charge in [0.25, 0.3) is 5.91 Å². The van der Waals surface area contributed by atoms with Crippen molar-refractivity contribution in [1.82, 2.24) is 15.2 Å². The van der Waals surface area contributed by atoms with Gasteiger partial charge >= 0.3 is 5.97 Å². The summed E-state index contributed by atoms with van der Waals surface area (Å²) in [4.78, 5) is 32.0. The number of nitrogens with one attached hydrogen (secondary N) is 1. The number of rotatable bonds is 11. The zero-order valence-corrected chi connectivity index (χ0v) is 22.9. The van der Waals surface area contributed by atoms with Crippen LogP contribution in [0.4, 0.5) is 0 Å². The molecule has 1 aliphatic carbocycles. The quantitative estimate of drug-likeness (QED) is 0.387. The molecule has 1 aromatic carbocycles. The van der Waals surface area contributed by atoms with Crippen LogP contribution in [0.25, 0.3) is 0 Å². The highest BCUT2D eigenvalue weighted by molar-refractivity contribution is 7.09. The Balaban J connectivity index is 1.73. The lowest BCUT2D eigenvalue weighted by Crippen LogP contribution is -2.38. The van der Waals surface area contributed by atoms with Crippen molar-refractivity contribution >= 4 is 23.2 Å². The Morgan fingerprint density at radius 2 is 1.97 bits per heavy atom. The van der Waals surface area contributed by atoms with Crippen molar-refractivity contribution in [1.29, 1.82) is 0 Å². The number of ether oxygens (including phenoxy) is 1. The molecule has 0 bridgehead atoms. The van der Waals surface area contributed by atoms with Crippen molar-refractivity contribution in [3.8, 4) is 0 Å². The minimum Gasteiger partial charge on any atom is -0.455 e. The van der Waals surface area contributed by atoms with E-state index in [0.717, 1.165) is 32.2 Å². The molecule has 1 N–H and O–H groups in total. The SMILES string of the molecule is CC(=O)OC(CC(C(C)C)N(C)CCC(C)C)c1nc(C(=O)NC2CCCc3ccccc32)cs1. The fourth-order valence-electron chi connectivity index (χ4n) is 4.88. The van der Waals surface area contributed by atoms with E-state index >= 15 is 0 Å². The Morgan fingerprint density at radius 3 is 2.66 bits per heavy atom. The Labute approximate surface area is 214 Å². The number of thiazole rings is 1. The minimum atomic E-state index is -0.469. The van der Waals surface area contributed by atoms with Gasteiger partial charge in [-0.25, -0.2) is 4.98 Å². The molecule has 7 heteroatoms. The zero-order valence-electron chi connectivity index (χ0n) is 22.0. The van der Waals surface area contributed by atoms with Gasteiger partial charge in [0.1, 0.15) is 10.7 Å². The number of hydrogen-bond donors (Lipinski definition) is 1. The normalized spacial score (nSPS) is 17.3. The standard InChI is InChI=1S/C28H41N3O3S/c1-18(2)14-15-31(6)25(19(3)4)16-26(34-20(5)32)28-30-24(17-35-28)27(33)29-23-13-9-11-21-10-7-8-12-22(21)23/h7-8,10,12,17-19,23,25-26H,9,11,13-16H2,1-6H3,(H,29,33). The zero-order chi connectivity index (χ0) is 25.5. The predicted molar refractivity (Wildman–Crippen MR) is 142 cm³/mol. The average Bonchev–Trinajstić information content (AvgIpc) is 3.30. The maximum atomic E-state index is 13.1. The number of benzene rings is 1. The summed E-state index contributed by atoms with van der Waals surface area (Å²) < 4.78 is 5.73. The molecule has 1 aliphatic rings. The van der Waals surface area contributed by atoms with Gasteiger partial charge in [0.15, 0.2) is 6.10 Å². The molecule has 0 saturated heterocycles. The molecule has 0 saturated carbocycles. The van der Waals surface area contributed by atoms with Gasteiger partial charge in [-0.1, -0.05) is 52.0 Å². The number of aromatic nitrogens is 1. The number of carbonyl (C=O) groups excluding carboxylic acids is 2. The van der Waals surface area contributed by atoms with Gasteiger partial charge in [-0.15, -0.1) is 11.3 Å². The highest BCUT2D eigenvalue weighted by atomic mass is 32.1. The van der Waals surface area contributed by atoms with E-state index < -0.39 is 6.10 Å². The molecule has 0 spiro atoms. The number of carbonyl (C=O) groups is 2. The fourth-order valence-corrected chi connectivity index (χ4v) is 5.72. The fraction of sp³-hybridized carbons (Fsp3) is 0.607. The molecule has 0 radical (unpaired) electrons. The van der Waals surface area contributed by atoms with E-state index in [0.29, 0.717) is 29.0 Å². The molecule has 1 aromatic heterocycles. The first-order valence-electron chi connectivity index (χ1n) is 12.9. The van der Waals surface area contributed by atoms with E-state index in [9.17, 15) is 9.59 Å². The second-order valence-electron chi connectivity index (χ2n) is 10.5. The summed E-state index contributed by atoms with van der Waals surface area (Å²) in [6, 6.07) is 8.55. The Kier molecular flexibility index (Phi) is 9.87. The van der Waals surface area contributed by atoms with E-state index in [1.807, 2.05) is 6.07 Å². The Hall–Kier alpha value is -2.25. The van der Waals surface area contributed by atoms with Crippen LogP contribution in [-0.4, -0.2) is 41.4 Å². The largest absolute Gasteiger partial charge is 0.455 e. The van der Waals surface area contributed by atoms with Crippen LogP contribution in [0.2, 0.25) is 0 Å². The molecule has 3 unspecified atom stereocenters. The second-order valence-corrected chi connectivity index (χ2v) is 11.4. The van der Waals surface area contributed by atoms with Crippen LogP contribution in [0.5, 0.6) is 0 Å². The van der Waals surface area contributed by atoms with Gasteiger partial charge in [-0.05, 0) is 62.2 Å². The van der Waals surface area contributed by atoms with Crippen LogP contribution >= 0.6 is 11.3 Å². The summed E-state index contributed by atoms with van der Waals surface area (Å²) in [5.41, 5.74) is 2.89. The van der Waals surface area contributed by atoms with Crippen LogP contribution in [0.3, 0.4) is 0 Å². The summed E-state index contributed by atoms with van der Waals surface area (Å²) >= 11 is 1.39. The summed E-state index contributed by atoms with van der Waals surface area (Å²) in [6.45, 7) is 11.3. The highest BCUT2D eigenvalue weighted by Crippen LogP contribution is 2.32. The summed E-state index contributed by atoms with van der Waals surface area (Å²) in [5, 5.41) is 5.64. The second kappa shape index (κ2) is 12.6.